The number of rotatable bonds is 4. The van der Waals surface area contributed by atoms with Crippen LogP contribution in [-0.4, -0.2) is 11.5 Å². The zero-order valence-electron chi connectivity index (χ0n) is 9.16. The molecule has 0 aromatic heterocycles. The Morgan fingerprint density at radius 3 is 2.53 bits per heavy atom. The molecule has 82 valence electrons. The molecule has 3 heteroatoms. The Balaban J connectivity index is 3.11. The number of thioether (sulfide) groups is 1. The summed E-state index contributed by atoms with van der Waals surface area (Å²) in [6.45, 7) is 5.37. The van der Waals surface area contributed by atoms with E-state index < -0.39 is 5.67 Å². The molecule has 15 heavy (non-hydrogen) atoms. The molecule has 1 aromatic rings. The number of aldehydes is 1. The second-order valence-electron chi connectivity index (χ2n) is 3.86. The molecule has 1 aromatic carbocycles. The lowest BCUT2D eigenvalue weighted by Crippen LogP contribution is -2.18. The average Bonchev–Trinajstić information content (AvgIpc) is 2.17. The summed E-state index contributed by atoms with van der Waals surface area (Å²) in [5.41, 5.74) is -1.43. The van der Waals surface area contributed by atoms with E-state index in [2.05, 4.69) is 0 Å². The van der Waals surface area contributed by atoms with Gasteiger partial charge >= 0.3 is 0 Å². The fourth-order valence-corrected chi connectivity index (χ4v) is 2.35. The lowest BCUT2D eigenvalue weighted by Gasteiger charge is -2.18. The van der Waals surface area contributed by atoms with Crippen LogP contribution in [0.15, 0.2) is 29.2 Å². The SMILES string of the molecule is CC(C)Sc1ccccc1C(C)(F)C=O. The van der Waals surface area contributed by atoms with Crippen LogP contribution in [0.5, 0.6) is 0 Å². The van der Waals surface area contributed by atoms with E-state index in [1.807, 2.05) is 26.0 Å². The van der Waals surface area contributed by atoms with Gasteiger partial charge in [-0.05, 0) is 13.0 Å². The van der Waals surface area contributed by atoms with Gasteiger partial charge in [0.1, 0.15) is 0 Å². The maximum absolute atomic E-state index is 13.9. The van der Waals surface area contributed by atoms with Gasteiger partial charge in [-0.15, -0.1) is 11.8 Å². The molecule has 0 amide bonds. The fraction of sp³-hybridized carbons (Fsp3) is 0.417. The third kappa shape index (κ3) is 3.06. The zero-order valence-corrected chi connectivity index (χ0v) is 9.98. The molecule has 1 rings (SSSR count). The minimum Gasteiger partial charge on any atom is -0.299 e. The molecule has 0 N–H and O–H groups in total. The molecular formula is C12H15FOS. The molecule has 0 aliphatic rings. The lowest BCUT2D eigenvalue weighted by molar-refractivity contribution is -0.117. The molecule has 0 aliphatic carbocycles. The number of alkyl halides is 1. The summed E-state index contributed by atoms with van der Waals surface area (Å²) in [7, 11) is 0. The minimum atomic E-state index is -1.89. The van der Waals surface area contributed by atoms with Crippen LogP contribution in [0.4, 0.5) is 4.39 Å². The van der Waals surface area contributed by atoms with Crippen LogP contribution in [0.2, 0.25) is 0 Å². The van der Waals surface area contributed by atoms with Crippen molar-refractivity contribution < 1.29 is 9.18 Å². The van der Waals surface area contributed by atoms with Gasteiger partial charge < -0.3 is 0 Å². The van der Waals surface area contributed by atoms with Gasteiger partial charge in [-0.3, -0.25) is 4.79 Å². The number of hydrogen-bond acceptors (Lipinski definition) is 2. The van der Waals surface area contributed by atoms with E-state index in [-0.39, 0.29) is 0 Å². The van der Waals surface area contributed by atoms with Crippen LogP contribution in [0.1, 0.15) is 26.3 Å². The highest BCUT2D eigenvalue weighted by Crippen LogP contribution is 2.34. The highest BCUT2D eigenvalue weighted by molar-refractivity contribution is 8.00. The summed E-state index contributed by atoms with van der Waals surface area (Å²) in [6.07, 6.45) is 0.354. The molecule has 0 radical (unpaired) electrons. The summed E-state index contributed by atoms with van der Waals surface area (Å²) in [5, 5.41) is 0.369. The Kier molecular flexibility index (Phi) is 3.91. The maximum Gasteiger partial charge on any atom is 0.189 e. The van der Waals surface area contributed by atoms with E-state index in [1.165, 1.54) is 6.92 Å². The number of halogens is 1. The Labute approximate surface area is 94.1 Å². The van der Waals surface area contributed by atoms with Gasteiger partial charge in [0.2, 0.25) is 0 Å². The predicted molar refractivity (Wildman–Crippen MR) is 62.0 cm³/mol. The lowest BCUT2D eigenvalue weighted by atomic mass is 10.00. The standard InChI is InChI=1S/C12H15FOS/c1-9(2)15-11-7-5-4-6-10(11)12(3,13)8-14/h4-9H,1-3H3. The molecule has 0 aliphatic heterocycles. The van der Waals surface area contributed by atoms with Crippen LogP contribution in [-0.2, 0) is 10.5 Å². The van der Waals surface area contributed by atoms with Crippen molar-refractivity contribution in [1.29, 1.82) is 0 Å². The van der Waals surface area contributed by atoms with E-state index in [1.54, 1.807) is 23.9 Å². The average molecular weight is 226 g/mol. The zero-order chi connectivity index (χ0) is 11.5. The summed E-state index contributed by atoms with van der Waals surface area (Å²) >= 11 is 1.57. The second-order valence-corrected chi connectivity index (χ2v) is 5.47. The number of benzene rings is 1. The van der Waals surface area contributed by atoms with E-state index in [0.29, 0.717) is 17.1 Å². The van der Waals surface area contributed by atoms with E-state index >= 15 is 0 Å². The molecule has 1 atom stereocenters. The summed E-state index contributed by atoms with van der Waals surface area (Å²) in [5.74, 6) is 0. The number of carbonyl (C=O) groups excluding carboxylic acids is 1. The third-order valence-corrected chi connectivity index (χ3v) is 3.08. The van der Waals surface area contributed by atoms with Crippen LogP contribution in [0.3, 0.4) is 0 Å². The highest BCUT2D eigenvalue weighted by atomic mass is 32.2. The van der Waals surface area contributed by atoms with Crippen molar-refractivity contribution in [2.24, 2.45) is 0 Å². The topological polar surface area (TPSA) is 17.1 Å². The largest absolute Gasteiger partial charge is 0.299 e. The normalized spacial score (nSPS) is 15.0. The van der Waals surface area contributed by atoms with Gasteiger partial charge in [0, 0.05) is 15.7 Å². The first-order valence-electron chi connectivity index (χ1n) is 4.89. The van der Waals surface area contributed by atoms with Crippen LogP contribution in [0, 0.1) is 0 Å². The van der Waals surface area contributed by atoms with Crippen molar-refractivity contribution in [2.75, 3.05) is 0 Å². The Hall–Kier alpha value is -0.830. The van der Waals surface area contributed by atoms with Crippen LogP contribution in [0.25, 0.3) is 0 Å². The first kappa shape index (κ1) is 12.2. The maximum atomic E-state index is 13.9. The fourth-order valence-electron chi connectivity index (χ4n) is 1.29. The van der Waals surface area contributed by atoms with E-state index in [0.717, 1.165) is 4.90 Å². The highest BCUT2D eigenvalue weighted by Gasteiger charge is 2.27. The molecule has 1 nitrogen and oxygen atoms in total. The van der Waals surface area contributed by atoms with Crippen molar-refractivity contribution in [3.8, 4) is 0 Å². The second kappa shape index (κ2) is 4.79. The van der Waals surface area contributed by atoms with Crippen LogP contribution >= 0.6 is 11.8 Å². The van der Waals surface area contributed by atoms with Crippen LogP contribution < -0.4 is 0 Å². The van der Waals surface area contributed by atoms with Gasteiger partial charge in [-0.25, -0.2) is 4.39 Å². The Morgan fingerprint density at radius 1 is 1.40 bits per heavy atom. The molecule has 0 fully saturated rings. The monoisotopic (exact) mass is 226 g/mol. The first-order valence-corrected chi connectivity index (χ1v) is 5.76. The molecule has 0 saturated heterocycles. The summed E-state index contributed by atoms with van der Waals surface area (Å²) in [4.78, 5) is 11.5. The number of hydrogen-bond donors (Lipinski definition) is 0. The molecule has 0 spiro atoms. The van der Waals surface area contributed by atoms with Crippen molar-refractivity contribution >= 4 is 18.0 Å². The minimum absolute atomic E-state index is 0.354. The molecule has 1 unspecified atom stereocenters. The van der Waals surface area contributed by atoms with Crippen molar-refractivity contribution in [1.82, 2.24) is 0 Å². The Morgan fingerprint density at radius 2 is 2.00 bits per heavy atom. The third-order valence-electron chi connectivity index (χ3n) is 2.00. The molecule has 0 heterocycles. The smallest absolute Gasteiger partial charge is 0.189 e. The summed E-state index contributed by atoms with van der Waals surface area (Å²) < 4.78 is 13.9. The van der Waals surface area contributed by atoms with Gasteiger partial charge in [0.25, 0.3) is 0 Å². The van der Waals surface area contributed by atoms with Crippen molar-refractivity contribution in [2.45, 2.75) is 36.6 Å². The molecular weight excluding hydrogens is 211 g/mol. The van der Waals surface area contributed by atoms with E-state index in [4.69, 9.17) is 0 Å². The molecule has 0 saturated carbocycles. The van der Waals surface area contributed by atoms with Crippen molar-refractivity contribution in [3.05, 3.63) is 29.8 Å². The molecule has 0 bridgehead atoms. The quantitative estimate of drug-likeness (QED) is 0.576. The van der Waals surface area contributed by atoms with Gasteiger partial charge in [-0.2, -0.15) is 0 Å². The van der Waals surface area contributed by atoms with Gasteiger partial charge in [0.05, 0.1) is 0 Å². The first-order chi connectivity index (χ1) is 6.97. The van der Waals surface area contributed by atoms with Gasteiger partial charge in [0.15, 0.2) is 12.0 Å². The Bertz CT molecular complexity index is 347. The predicted octanol–water partition coefficient (Wildman–Crippen LogP) is 3.57. The van der Waals surface area contributed by atoms with E-state index in [9.17, 15) is 9.18 Å². The summed E-state index contributed by atoms with van der Waals surface area (Å²) in [6, 6.07) is 7.12. The van der Waals surface area contributed by atoms with Crippen molar-refractivity contribution in [3.63, 3.8) is 0 Å². The number of carbonyl (C=O) groups is 1. The van der Waals surface area contributed by atoms with Gasteiger partial charge in [-0.1, -0.05) is 32.0 Å².